The van der Waals surface area contributed by atoms with Crippen LogP contribution in [0.2, 0.25) is 0 Å². The first kappa shape index (κ1) is 24.2. The third kappa shape index (κ3) is 6.90. The van der Waals surface area contributed by atoms with Gasteiger partial charge in [0.15, 0.2) is 29.1 Å². The molecular weight excluding hydrogens is 430 g/mol. The van der Waals surface area contributed by atoms with Gasteiger partial charge in [-0.25, -0.2) is 26.3 Å². The van der Waals surface area contributed by atoms with Crippen LogP contribution in [0.5, 0.6) is 0 Å². The summed E-state index contributed by atoms with van der Waals surface area (Å²) in [4.78, 5) is 32.7. The van der Waals surface area contributed by atoms with E-state index in [9.17, 15) is 40.7 Å². The van der Waals surface area contributed by atoms with E-state index in [-0.39, 0.29) is 6.61 Å². The lowest BCUT2D eigenvalue weighted by atomic mass is 10.1. The summed E-state index contributed by atoms with van der Waals surface area (Å²) in [5, 5.41) is -1.23. The number of Topliss-reactive ketones (excluding diaryl/α,β-unsaturated/α-hetero) is 1. The third-order valence-corrected chi connectivity index (χ3v) is 3.31. The molecule has 2 aromatic carbocycles. The molecule has 0 amide bonds. The Morgan fingerprint density at radius 3 is 1.72 bits per heavy atom. The fraction of sp³-hybridized carbons (Fsp3) is 0.167. The van der Waals surface area contributed by atoms with E-state index in [4.69, 9.17) is 11.6 Å². The quantitative estimate of drug-likeness (QED) is 0.168. The molecule has 0 spiro atoms. The van der Waals surface area contributed by atoms with Crippen molar-refractivity contribution in [2.75, 3.05) is 6.61 Å². The van der Waals surface area contributed by atoms with Gasteiger partial charge in [-0.2, -0.15) is 0 Å². The van der Waals surface area contributed by atoms with Crippen molar-refractivity contribution in [2.24, 2.45) is 0 Å². The smallest absolute Gasteiger partial charge is 0.313 e. The van der Waals surface area contributed by atoms with Gasteiger partial charge in [0.1, 0.15) is 18.1 Å². The summed E-state index contributed by atoms with van der Waals surface area (Å²) in [6.07, 6.45) is -0.756. The molecule has 2 rings (SSSR count). The van der Waals surface area contributed by atoms with Gasteiger partial charge in [0, 0.05) is 12.1 Å². The van der Waals surface area contributed by atoms with Crippen LogP contribution in [0.1, 0.15) is 34.1 Å². The lowest BCUT2D eigenvalue weighted by Gasteiger charge is -2.04. The number of rotatable bonds is 5. The van der Waals surface area contributed by atoms with Gasteiger partial charge in [0.05, 0.1) is 17.7 Å². The molecule has 2 aromatic rings. The minimum Gasteiger partial charge on any atom is -0.466 e. The largest absolute Gasteiger partial charge is 0.466 e. The van der Waals surface area contributed by atoms with Crippen molar-refractivity contribution in [1.82, 2.24) is 0 Å². The van der Waals surface area contributed by atoms with Crippen LogP contribution in [0.3, 0.4) is 0 Å². The number of halogens is 7. The molecule has 0 radical (unpaired) electrons. The van der Waals surface area contributed by atoms with E-state index >= 15 is 0 Å². The van der Waals surface area contributed by atoms with E-state index in [1.807, 2.05) is 0 Å². The third-order valence-electron chi connectivity index (χ3n) is 3.11. The zero-order chi connectivity index (χ0) is 22.3. The molecule has 0 fully saturated rings. The zero-order valence-corrected chi connectivity index (χ0v) is 15.3. The Balaban J connectivity index is 0.000000308. The van der Waals surface area contributed by atoms with E-state index < -0.39 is 69.4 Å². The molecule has 4 nitrogen and oxygen atoms in total. The summed E-state index contributed by atoms with van der Waals surface area (Å²) in [7, 11) is 0. The Morgan fingerprint density at radius 2 is 1.28 bits per heavy atom. The van der Waals surface area contributed by atoms with Gasteiger partial charge in [-0.1, -0.05) is 0 Å². The average Bonchev–Trinajstić information content (AvgIpc) is 2.61. The normalized spacial score (nSPS) is 10.1. The van der Waals surface area contributed by atoms with E-state index in [2.05, 4.69) is 4.74 Å². The predicted octanol–water partition coefficient (Wildman–Crippen LogP) is 4.72. The van der Waals surface area contributed by atoms with Crippen LogP contribution < -0.4 is 0 Å². The molecule has 0 bridgehead atoms. The highest BCUT2D eigenvalue weighted by Gasteiger charge is 2.20. The topological polar surface area (TPSA) is 60.4 Å². The molecule has 0 N–H and O–H groups in total. The molecule has 0 atom stereocenters. The fourth-order valence-corrected chi connectivity index (χ4v) is 2.03. The number of ether oxygens (including phenoxy) is 1. The van der Waals surface area contributed by atoms with Gasteiger partial charge in [-0.05, 0) is 30.7 Å². The van der Waals surface area contributed by atoms with Crippen molar-refractivity contribution in [2.45, 2.75) is 13.3 Å². The highest BCUT2D eigenvalue weighted by Crippen LogP contribution is 2.17. The number of carbonyl (C=O) groups is 3. The molecule has 11 heteroatoms. The Bertz CT molecular complexity index is 948. The van der Waals surface area contributed by atoms with Crippen LogP contribution >= 0.6 is 11.6 Å². The second kappa shape index (κ2) is 10.6. The summed E-state index contributed by atoms with van der Waals surface area (Å²) >= 11 is 4.84. The summed E-state index contributed by atoms with van der Waals surface area (Å²) in [5.74, 6) is -9.84. The lowest BCUT2D eigenvalue weighted by Crippen LogP contribution is -2.13. The van der Waals surface area contributed by atoms with Crippen LogP contribution in [0.25, 0.3) is 0 Å². The summed E-state index contributed by atoms with van der Waals surface area (Å²) in [6, 6.07) is 1.73. The molecule has 0 saturated heterocycles. The lowest BCUT2D eigenvalue weighted by molar-refractivity contribution is -0.141. The van der Waals surface area contributed by atoms with Gasteiger partial charge in [-0.3, -0.25) is 14.4 Å². The van der Waals surface area contributed by atoms with Crippen LogP contribution in [0.4, 0.5) is 26.3 Å². The van der Waals surface area contributed by atoms with Crippen molar-refractivity contribution in [3.05, 3.63) is 70.3 Å². The molecule has 0 aliphatic heterocycles. The number of carbonyl (C=O) groups excluding carboxylic acids is 3. The standard InChI is InChI=1S/C11H9F3O3.C7H2ClF3O/c1-2-17-10(16)5-9(15)7-3-6(12)4-8(13)11(7)14;8-7(12)4-1-3(9)2-5(10)6(4)11/h3-4H,2,5H2,1H3;1-2H. The molecule has 0 aliphatic rings. The van der Waals surface area contributed by atoms with Crippen LogP contribution in [-0.4, -0.2) is 23.6 Å². The van der Waals surface area contributed by atoms with Crippen LogP contribution in [0, 0.1) is 34.9 Å². The second-order valence-corrected chi connectivity index (χ2v) is 5.52. The van der Waals surface area contributed by atoms with Crippen LogP contribution in [-0.2, 0) is 9.53 Å². The van der Waals surface area contributed by atoms with Crippen molar-refractivity contribution in [3.63, 3.8) is 0 Å². The Morgan fingerprint density at radius 1 is 0.828 bits per heavy atom. The Labute approximate surface area is 165 Å². The first-order chi connectivity index (χ1) is 13.5. The molecule has 0 aromatic heterocycles. The monoisotopic (exact) mass is 440 g/mol. The summed E-state index contributed by atoms with van der Waals surface area (Å²) in [6.45, 7) is 1.59. The van der Waals surface area contributed by atoms with E-state index in [1.54, 1.807) is 0 Å². The maximum atomic E-state index is 13.2. The van der Waals surface area contributed by atoms with Crippen molar-refractivity contribution >= 4 is 28.6 Å². The van der Waals surface area contributed by atoms with Crippen molar-refractivity contribution < 1.29 is 45.5 Å². The number of ketones is 1. The molecule has 0 unspecified atom stereocenters. The first-order valence-corrected chi connectivity index (χ1v) is 8.03. The number of hydrogen-bond donors (Lipinski definition) is 0. The van der Waals surface area contributed by atoms with Crippen molar-refractivity contribution in [1.29, 1.82) is 0 Å². The average molecular weight is 441 g/mol. The molecule has 29 heavy (non-hydrogen) atoms. The first-order valence-electron chi connectivity index (χ1n) is 7.65. The van der Waals surface area contributed by atoms with E-state index in [1.165, 1.54) is 6.92 Å². The molecule has 0 heterocycles. The predicted molar refractivity (Wildman–Crippen MR) is 88.4 cm³/mol. The maximum absolute atomic E-state index is 13.2. The van der Waals surface area contributed by atoms with Gasteiger partial charge in [0.2, 0.25) is 0 Å². The van der Waals surface area contributed by atoms with Gasteiger partial charge < -0.3 is 4.74 Å². The zero-order valence-electron chi connectivity index (χ0n) is 14.5. The maximum Gasteiger partial charge on any atom is 0.313 e. The minimum absolute atomic E-state index is 0.0616. The van der Waals surface area contributed by atoms with Gasteiger partial charge in [-0.15, -0.1) is 0 Å². The van der Waals surface area contributed by atoms with Crippen LogP contribution in [0.15, 0.2) is 24.3 Å². The fourth-order valence-electron chi connectivity index (χ4n) is 1.90. The second-order valence-electron chi connectivity index (χ2n) is 5.18. The summed E-state index contributed by atoms with van der Waals surface area (Å²) in [5.41, 5.74) is -1.59. The van der Waals surface area contributed by atoms with Crippen molar-refractivity contribution in [3.8, 4) is 0 Å². The molecule has 0 saturated carbocycles. The molecule has 0 aliphatic carbocycles. The Hall–Kier alpha value is -2.88. The van der Waals surface area contributed by atoms with E-state index in [0.717, 1.165) is 0 Å². The van der Waals surface area contributed by atoms with E-state index in [0.29, 0.717) is 24.3 Å². The highest BCUT2D eigenvalue weighted by molar-refractivity contribution is 6.67. The highest BCUT2D eigenvalue weighted by atomic mass is 35.5. The summed E-state index contributed by atoms with van der Waals surface area (Å²) < 4.78 is 80.5. The number of esters is 1. The minimum atomic E-state index is -1.47. The van der Waals surface area contributed by atoms with Gasteiger partial charge in [0.25, 0.3) is 5.24 Å². The molecular formula is C18H11ClF6O4. The number of benzene rings is 2. The Kier molecular flexibility index (Phi) is 8.84. The molecule has 156 valence electrons. The SMILES string of the molecule is CCOC(=O)CC(=O)c1cc(F)cc(F)c1F.O=C(Cl)c1cc(F)cc(F)c1F. The van der Waals surface area contributed by atoms with Gasteiger partial charge >= 0.3 is 5.97 Å². The number of hydrogen-bond acceptors (Lipinski definition) is 4.